The zero-order valence-corrected chi connectivity index (χ0v) is 10.3. The largest absolute Gasteiger partial charge is 0.466 e. The van der Waals surface area contributed by atoms with Crippen molar-refractivity contribution in [2.24, 2.45) is 0 Å². The van der Waals surface area contributed by atoms with Gasteiger partial charge in [0.2, 0.25) is 0 Å². The number of benzene rings is 1. The third kappa shape index (κ3) is 4.14. The smallest absolute Gasteiger partial charge is 0.188 e. The van der Waals surface area contributed by atoms with Crippen LogP contribution < -0.4 is 4.74 Å². The highest BCUT2D eigenvalue weighted by molar-refractivity contribution is 6.18. The SMILES string of the molecule is COCOc1ccc(C)cc1C#CCCCl. The van der Waals surface area contributed by atoms with Crippen molar-refractivity contribution in [3.8, 4) is 17.6 Å². The van der Waals surface area contributed by atoms with Gasteiger partial charge in [-0.25, -0.2) is 0 Å². The van der Waals surface area contributed by atoms with Crippen molar-refractivity contribution in [1.82, 2.24) is 0 Å². The Morgan fingerprint density at radius 1 is 1.38 bits per heavy atom. The number of alkyl halides is 1. The Labute approximate surface area is 102 Å². The average Bonchev–Trinajstić information content (AvgIpc) is 2.28. The molecule has 0 unspecified atom stereocenters. The lowest BCUT2D eigenvalue weighted by Crippen LogP contribution is -2.00. The molecule has 0 radical (unpaired) electrons. The summed E-state index contributed by atoms with van der Waals surface area (Å²) >= 11 is 5.57. The summed E-state index contributed by atoms with van der Waals surface area (Å²) < 4.78 is 10.3. The van der Waals surface area contributed by atoms with E-state index in [0.29, 0.717) is 12.3 Å². The van der Waals surface area contributed by atoms with Crippen LogP contribution in [0.15, 0.2) is 18.2 Å². The van der Waals surface area contributed by atoms with E-state index in [-0.39, 0.29) is 6.79 Å². The summed E-state index contributed by atoms with van der Waals surface area (Å²) in [6, 6.07) is 5.88. The van der Waals surface area contributed by atoms with Gasteiger partial charge >= 0.3 is 0 Å². The lowest BCUT2D eigenvalue weighted by Gasteiger charge is -2.07. The van der Waals surface area contributed by atoms with Crippen molar-refractivity contribution in [1.29, 1.82) is 0 Å². The molecule has 1 rings (SSSR count). The highest BCUT2D eigenvalue weighted by Crippen LogP contribution is 2.19. The second-order valence-corrected chi connectivity index (χ2v) is 3.67. The van der Waals surface area contributed by atoms with E-state index in [0.717, 1.165) is 16.9 Å². The number of methoxy groups -OCH3 is 1. The maximum atomic E-state index is 5.57. The number of aryl methyl sites for hydroxylation is 1. The van der Waals surface area contributed by atoms with Crippen molar-refractivity contribution in [3.05, 3.63) is 29.3 Å². The van der Waals surface area contributed by atoms with Gasteiger partial charge in [0.15, 0.2) is 6.79 Å². The predicted octanol–water partition coefficient (Wildman–Crippen LogP) is 2.96. The molecule has 0 N–H and O–H groups in total. The van der Waals surface area contributed by atoms with E-state index in [4.69, 9.17) is 21.1 Å². The first-order valence-electron chi connectivity index (χ1n) is 5.05. The third-order valence-corrected chi connectivity index (χ3v) is 2.10. The van der Waals surface area contributed by atoms with Crippen LogP contribution in [0.3, 0.4) is 0 Å². The van der Waals surface area contributed by atoms with Crippen LogP contribution in [-0.2, 0) is 4.74 Å². The summed E-state index contributed by atoms with van der Waals surface area (Å²) in [6.45, 7) is 2.25. The molecule has 16 heavy (non-hydrogen) atoms. The average molecular weight is 239 g/mol. The van der Waals surface area contributed by atoms with Crippen LogP contribution in [-0.4, -0.2) is 19.8 Å². The molecule has 0 saturated carbocycles. The summed E-state index contributed by atoms with van der Waals surface area (Å²) in [5, 5.41) is 0. The molecule has 0 aromatic heterocycles. The van der Waals surface area contributed by atoms with Gasteiger partial charge in [0.25, 0.3) is 0 Å². The number of ether oxygens (including phenoxy) is 2. The third-order valence-electron chi connectivity index (χ3n) is 1.91. The predicted molar refractivity (Wildman–Crippen MR) is 65.9 cm³/mol. The van der Waals surface area contributed by atoms with Gasteiger partial charge in [0, 0.05) is 19.4 Å². The fourth-order valence-corrected chi connectivity index (χ4v) is 1.29. The Balaban J connectivity index is 2.86. The number of hydrogen-bond donors (Lipinski definition) is 0. The van der Waals surface area contributed by atoms with E-state index >= 15 is 0 Å². The highest BCUT2D eigenvalue weighted by atomic mass is 35.5. The first-order valence-corrected chi connectivity index (χ1v) is 5.58. The molecule has 1 aromatic rings. The van der Waals surface area contributed by atoms with Crippen LogP contribution in [0, 0.1) is 18.8 Å². The van der Waals surface area contributed by atoms with Crippen molar-refractivity contribution in [2.75, 3.05) is 19.8 Å². The van der Waals surface area contributed by atoms with E-state index in [9.17, 15) is 0 Å². The second kappa shape index (κ2) is 7.16. The molecular formula is C13H15ClO2. The zero-order valence-electron chi connectivity index (χ0n) is 9.55. The fourth-order valence-electron chi connectivity index (χ4n) is 1.19. The first-order chi connectivity index (χ1) is 7.77. The molecule has 0 fully saturated rings. The van der Waals surface area contributed by atoms with Crippen molar-refractivity contribution >= 4 is 11.6 Å². The van der Waals surface area contributed by atoms with E-state index in [2.05, 4.69) is 11.8 Å². The quantitative estimate of drug-likeness (QED) is 0.456. The Bertz CT molecular complexity index is 391. The summed E-state index contributed by atoms with van der Waals surface area (Å²) in [4.78, 5) is 0. The lowest BCUT2D eigenvalue weighted by atomic mass is 10.1. The molecule has 2 nitrogen and oxygen atoms in total. The summed E-state index contributed by atoms with van der Waals surface area (Å²) in [6.07, 6.45) is 0.680. The summed E-state index contributed by atoms with van der Waals surface area (Å²) in [7, 11) is 1.59. The van der Waals surface area contributed by atoms with E-state index in [1.165, 1.54) is 0 Å². The standard InChI is InChI=1S/C13H15ClO2/c1-11-6-7-13(16-10-15-2)12(9-11)5-3-4-8-14/h6-7,9H,4,8,10H2,1-2H3. The van der Waals surface area contributed by atoms with Gasteiger partial charge in [-0.2, -0.15) is 0 Å². The molecule has 0 atom stereocenters. The maximum absolute atomic E-state index is 5.57. The Morgan fingerprint density at radius 3 is 2.88 bits per heavy atom. The fraction of sp³-hybridized carbons (Fsp3) is 0.385. The number of rotatable bonds is 4. The zero-order chi connectivity index (χ0) is 11.8. The van der Waals surface area contributed by atoms with Gasteiger partial charge < -0.3 is 9.47 Å². The minimum atomic E-state index is 0.229. The molecule has 3 heteroatoms. The van der Waals surface area contributed by atoms with Crippen LogP contribution in [0.25, 0.3) is 0 Å². The Hall–Kier alpha value is -1.17. The van der Waals surface area contributed by atoms with Gasteiger partial charge in [-0.05, 0) is 24.6 Å². The van der Waals surface area contributed by atoms with Gasteiger partial charge in [-0.3, -0.25) is 0 Å². The maximum Gasteiger partial charge on any atom is 0.188 e. The molecule has 0 amide bonds. The van der Waals surface area contributed by atoms with Crippen LogP contribution in [0.5, 0.6) is 5.75 Å². The van der Waals surface area contributed by atoms with Crippen LogP contribution >= 0.6 is 11.6 Å². The second-order valence-electron chi connectivity index (χ2n) is 3.29. The lowest BCUT2D eigenvalue weighted by molar-refractivity contribution is 0.0509. The summed E-state index contributed by atoms with van der Waals surface area (Å²) in [5.41, 5.74) is 2.03. The molecule has 0 aliphatic heterocycles. The van der Waals surface area contributed by atoms with Gasteiger partial charge in [0.05, 0.1) is 5.56 Å². The van der Waals surface area contributed by atoms with Crippen LogP contribution in [0.2, 0.25) is 0 Å². The minimum absolute atomic E-state index is 0.229. The number of hydrogen-bond acceptors (Lipinski definition) is 2. The van der Waals surface area contributed by atoms with Crippen molar-refractivity contribution < 1.29 is 9.47 Å². The normalized spacial score (nSPS) is 9.44. The van der Waals surface area contributed by atoms with Gasteiger partial charge in [-0.15, -0.1) is 11.6 Å². The molecule has 86 valence electrons. The molecule has 0 spiro atoms. The molecule has 0 heterocycles. The molecular weight excluding hydrogens is 224 g/mol. The monoisotopic (exact) mass is 238 g/mol. The Kier molecular flexibility index (Phi) is 5.77. The molecule has 0 aliphatic carbocycles. The molecule has 0 bridgehead atoms. The highest BCUT2D eigenvalue weighted by Gasteiger charge is 2.00. The topological polar surface area (TPSA) is 18.5 Å². The first kappa shape index (κ1) is 12.9. The number of halogens is 1. The van der Waals surface area contributed by atoms with Crippen molar-refractivity contribution in [2.45, 2.75) is 13.3 Å². The summed E-state index contributed by atoms with van der Waals surface area (Å²) in [5.74, 6) is 7.34. The van der Waals surface area contributed by atoms with Crippen molar-refractivity contribution in [3.63, 3.8) is 0 Å². The molecule has 0 saturated heterocycles. The molecule has 1 aromatic carbocycles. The van der Waals surface area contributed by atoms with Gasteiger partial charge in [0.1, 0.15) is 5.75 Å². The van der Waals surface area contributed by atoms with E-state index < -0.39 is 0 Å². The van der Waals surface area contributed by atoms with E-state index in [1.807, 2.05) is 25.1 Å². The van der Waals surface area contributed by atoms with Crippen LogP contribution in [0.4, 0.5) is 0 Å². The van der Waals surface area contributed by atoms with Gasteiger partial charge in [-0.1, -0.05) is 17.9 Å². The molecule has 0 aliphatic rings. The minimum Gasteiger partial charge on any atom is -0.466 e. The Morgan fingerprint density at radius 2 is 2.19 bits per heavy atom. The van der Waals surface area contributed by atoms with Crippen LogP contribution in [0.1, 0.15) is 17.5 Å². The van der Waals surface area contributed by atoms with E-state index in [1.54, 1.807) is 7.11 Å².